The van der Waals surface area contributed by atoms with E-state index in [1.54, 1.807) is 24.3 Å². The van der Waals surface area contributed by atoms with Gasteiger partial charge in [0, 0.05) is 19.0 Å². The summed E-state index contributed by atoms with van der Waals surface area (Å²) in [7, 11) is -1.15. The summed E-state index contributed by atoms with van der Waals surface area (Å²) in [5, 5.41) is 14.4. The standard InChI is InChI=1S/C34H32Br2Cl2FNO6S/c1-45-32-18-27(28(36)19-33(32)46-2)34(42)40-30(15-20-4-3-5-22(35)14-20)31(41)17-26(11-7-21-6-8-23(37)16-29(21)38)47(43,44)25-12-9-24(39)10-13-25/h3-6,8-10,12-14,16,18-19,26,30-31,41H,7,11,15,17H2,1-2H3,(H,40,42)/t26-,30+,31-/m1/s1. The van der Waals surface area contributed by atoms with Gasteiger partial charge in [0.05, 0.1) is 42.1 Å². The molecule has 250 valence electrons. The molecule has 4 rings (SSSR count). The smallest absolute Gasteiger partial charge is 0.252 e. The summed E-state index contributed by atoms with van der Waals surface area (Å²) in [4.78, 5) is 13.6. The number of aryl methyl sites for hydroxylation is 1. The SMILES string of the molecule is COc1cc(Br)c(C(=O)N[C@@H](Cc2cccc(Br)c2)[C@H](O)C[C@@H](CCc2ccc(Cl)cc2Cl)S(=O)(=O)c2ccc(F)cc2)cc1OC. The first-order valence-corrected chi connectivity index (χ1v) is 18.3. The number of sulfone groups is 1. The van der Waals surface area contributed by atoms with Gasteiger partial charge in [0.1, 0.15) is 5.82 Å². The second kappa shape index (κ2) is 16.6. The number of carbonyl (C=O) groups excluding carboxylic acids is 1. The highest BCUT2D eigenvalue weighted by Crippen LogP contribution is 2.34. The molecule has 3 atom stereocenters. The Bertz CT molecular complexity index is 1830. The van der Waals surface area contributed by atoms with Crippen molar-refractivity contribution in [2.75, 3.05) is 14.2 Å². The van der Waals surface area contributed by atoms with E-state index in [1.807, 2.05) is 24.3 Å². The van der Waals surface area contributed by atoms with Crippen LogP contribution >= 0.6 is 55.1 Å². The first-order valence-electron chi connectivity index (χ1n) is 14.4. The molecule has 0 aliphatic heterocycles. The zero-order chi connectivity index (χ0) is 34.3. The molecule has 2 N–H and O–H groups in total. The Balaban J connectivity index is 1.68. The molecule has 0 fully saturated rings. The molecule has 0 unspecified atom stereocenters. The Morgan fingerprint density at radius 2 is 1.64 bits per heavy atom. The molecule has 0 saturated carbocycles. The minimum Gasteiger partial charge on any atom is -0.493 e. The van der Waals surface area contributed by atoms with Gasteiger partial charge in [-0.25, -0.2) is 12.8 Å². The molecule has 0 saturated heterocycles. The molecule has 4 aromatic carbocycles. The molecule has 0 aliphatic carbocycles. The third-order valence-corrected chi connectivity index (χ3v) is 11.7. The lowest BCUT2D eigenvalue weighted by Crippen LogP contribution is -2.47. The molecule has 0 radical (unpaired) electrons. The van der Waals surface area contributed by atoms with Crippen molar-refractivity contribution in [2.24, 2.45) is 0 Å². The largest absolute Gasteiger partial charge is 0.493 e. The van der Waals surface area contributed by atoms with E-state index in [9.17, 15) is 22.7 Å². The molecule has 47 heavy (non-hydrogen) atoms. The van der Waals surface area contributed by atoms with Crippen LogP contribution < -0.4 is 14.8 Å². The van der Waals surface area contributed by atoms with Crippen LogP contribution in [0.2, 0.25) is 10.0 Å². The predicted molar refractivity (Wildman–Crippen MR) is 189 cm³/mol. The van der Waals surface area contributed by atoms with Crippen LogP contribution in [0.25, 0.3) is 0 Å². The number of nitrogens with one attached hydrogen (secondary N) is 1. The van der Waals surface area contributed by atoms with Crippen LogP contribution in [0.3, 0.4) is 0 Å². The van der Waals surface area contributed by atoms with Gasteiger partial charge in [-0.2, -0.15) is 0 Å². The Hall–Kier alpha value is -2.67. The average molecular weight is 832 g/mol. The maximum Gasteiger partial charge on any atom is 0.252 e. The minimum atomic E-state index is -4.08. The van der Waals surface area contributed by atoms with Crippen LogP contribution in [0.1, 0.15) is 34.3 Å². The molecule has 1 amide bonds. The van der Waals surface area contributed by atoms with Crippen molar-refractivity contribution in [3.05, 3.63) is 120 Å². The number of rotatable bonds is 14. The normalized spacial score (nSPS) is 13.4. The molecule has 0 aliphatic rings. The number of benzene rings is 4. The number of carbonyl (C=O) groups is 1. The molecule has 0 aromatic heterocycles. The lowest BCUT2D eigenvalue weighted by Gasteiger charge is -2.28. The maximum absolute atomic E-state index is 14.0. The van der Waals surface area contributed by atoms with Crippen molar-refractivity contribution in [1.82, 2.24) is 5.32 Å². The average Bonchev–Trinajstić information content (AvgIpc) is 3.03. The number of aliphatic hydroxyl groups is 1. The van der Waals surface area contributed by atoms with Crippen LogP contribution in [0.15, 0.2) is 92.7 Å². The third-order valence-electron chi connectivity index (χ3n) is 7.68. The number of aliphatic hydroxyl groups excluding tert-OH is 1. The molecule has 13 heteroatoms. The highest BCUT2D eigenvalue weighted by molar-refractivity contribution is 9.10. The van der Waals surface area contributed by atoms with Gasteiger partial charge in [-0.05, 0) is 113 Å². The number of hydrogen-bond donors (Lipinski definition) is 2. The van der Waals surface area contributed by atoms with E-state index in [2.05, 4.69) is 37.2 Å². The third kappa shape index (κ3) is 9.70. The highest BCUT2D eigenvalue weighted by Gasteiger charge is 2.34. The van der Waals surface area contributed by atoms with E-state index in [0.29, 0.717) is 31.6 Å². The van der Waals surface area contributed by atoms with E-state index >= 15 is 0 Å². The van der Waals surface area contributed by atoms with Crippen LogP contribution in [0, 0.1) is 5.82 Å². The monoisotopic (exact) mass is 829 g/mol. The fourth-order valence-corrected chi connectivity index (χ4v) is 8.40. The van der Waals surface area contributed by atoms with Crippen LogP contribution in [-0.2, 0) is 22.7 Å². The summed E-state index contributed by atoms with van der Waals surface area (Å²) in [6, 6.07) is 19.1. The van der Waals surface area contributed by atoms with Gasteiger partial charge in [-0.15, -0.1) is 0 Å². The second-order valence-electron chi connectivity index (χ2n) is 10.8. The maximum atomic E-state index is 14.0. The van der Waals surface area contributed by atoms with E-state index < -0.39 is 39.0 Å². The van der Waals surface area contributed by atoms with Gasteiger partial charge in [-0.3, -0.25) is 4.79 Å². The van der Waals surface area contributed by atoms with Gasteiger partial charge >= 0.3 is 0 Å². The molecule has 4 aromatic rings. The van der Waals surface area contributed by atoms with Crippen molar-refractivity contribution in [1.29, 1.82) is 0 Å². The summed E-state index contributed by atoms with van der Waals surface area (Å²) in [5.41, 5.74) is 1.70. The van der Waals surface area contributed by atoms with Crippen molar-refractivity contribution in [3.8, 4) is 11.5 Å². The van der Waals surface area contributed by atoms with E-state index in [0.717, 1.165) is 22.2 Å². The molecule has 0 heterocycles. The van der Waals surface area contributed by atoms with Crippen molar-refractivity contribution >= 4 is 70.8 Å². The molecule has 7 nitrogen and oxygen atoms in total. The lowest BCUT2D eigenvalue weighted by molar-refractivity contribution is 0.0809. The Labute approximate surface area is 300 Å². The van der Waals surface area contributed by atoms with E-state index in [1.165, 1.54) is 32.4 Å². The quantitative estimate of drug-likeness (QED) is 0.124. The second-order valence-corrected chi connectivity index (χ2v) is 15.6. The summed E-state index contributed by atoms with van der Waals surface area (Å²) < 4.78 is 53.6. The molecular formula is C34H32Br2Cl2FNO6S. The first kappa shape index (κ1) is 37.2. The number of hydrogen-bond acceptors (Lipinski definition) is 6. The number of methoxy groups -OCH3 is 2. The first-order chi connectivity index (χ1) is 22.3. The molecule has 0 bridgehead atoms. The Morgan fingerprint density at radius 3 is 2.28 bits per heavy atom. The number of halogens is 5. The van der Waals surface area contributed by atoms with Gasteiger partial charge in [0.15, 0.2) is 21.3 Å². The van der Waals surface area contributed by atoms with Gasteiger partial charge in [0.2, 0.25) is 0 Å². The fraction of sp³-hybridized carbons (Fsp3) is 0.265. The van der Waals surface area contributed by atoms with Crippen LogP contribution in [0.4, 0.5) is 4.39 Å². The van der Waals surface area contributed by atoms with Gasteiger partial charge < -0.3 is 19.9 Å². The summed E-state index contributed by atoms with van der Waals surface area (Å²) >= 11 is 19.3. The van der Waals surface area contributed by atoms with Crippen LogP contribution in [0.5, 0.6) is 11.5 Å². The van der Waals surface area contributed by atoms with Gasteiger partial charge in [-0.1, -0.05) is 57.3 Å². The van der Waals surface area contributed by atoms with Crippen molar-refractivity contribution in [2.45, 2.75) is 48.0 Å². The highest BCUT2D eigenvalue weighted by atomic mass is 79.9. The number of amides is 1. The summed E-state index contributed by atoms with van der Waals surface area (Å²) in [6.07, 6.45) is -1.04. The van der Waals surface area contributed by atoms with Crippen molar-refractivity contribution < 1.29 is 32.2 Å². The Kier molecular flexibility index (Phi) is 13.1. The fourth-order valence-electron chi connectivity index (χ4n) is 5.17. The van der Waals surface area contributed by atoms with Crippen molar-refractivity contribution in [3.63, 3.8) is 0 Å². The van der Waals surface area contributed by atoms with E-state index in [4.69, 9.17) is 32.7 Å². The van der Waals surface area contributed by atoms with Crippen LogP contribution in [-0.4, -0.2) is 51.0 Å². The zero-order valence-electron chi connectivity index (χ0n) is 25.4. The number of ether oxygens (including phenoxy) is 2. The predicted octanol–water partition coefficient (Wildman–Crippen LogP) is 8.24. The molecule has 0 spiro atoms. The van der Waals surface area contributed by atoms with E-state index in [-0.39, 0.29) is 36.1 Å². The summed E-state index contributed by atoms with van der Waals surface area (Å²) in [5.74, 6) is -0.359. The molecular weight excluding hydrogens is 800 g/mol. The topological polar surface area (TPSA) is 102 Å². The zero-order valence-corrected chi connectivity index (χ0v) is 30.9. The Morgan fingerprint density at radius 1 is 0.957 bits per heavy atom. The summed E-state index contributed by atoms with van der Waals surface area (Å²) in [6.45, 7) is 0. The van der Waals surface area contributed by atoms with Gasteiger partial charge in [0.25, 0.3) is 5.91 Å². The minimum absolute atomic E-state index is 0.0803. The lowest BCUT2D eigenvalue weighted by atomic mass is 9.96.